The second kappa shape index (κ2) is 8.61. The van der Waals surface area contributed by atoms with Crippen LogP contribution in [0.4, 0.5) is 5.69 Å². The molecule has 1 atom stereocenters. The maximum absolute atomic E-state index is 10.8. The van der Waals surface area contributed by atoms with Gasteiger partial charge in [0, 0.05) is 23.8 Å². The molecule has 2 N–H and O–H groups in total. The summed E-state index contributed by atoms with van der Waals surface area (Å²) in [5.74, 6) is 1.78. The number of halogens is 1. The third kappa shape index (κ3) is 3.86. The Balaban J connectivity index is 1.43. The van der Waals surface area contributed by atoms with E-state index in [-0.39, 0.29) is 30.5 Å². The SMILES string of the molecule is N#CC1=C(N)Oc2cc3c(cc2[C@@H]1c1ccc(OCc2ccc([N+](=O)[O-])cc2)c(Br)c1)OCO3. The van der Waals surface area contributed by atoms with Crippen molar-refractivity contribution in [3.05, 3.63) is 97.3 Å². The van der Waals surface area contributed by atoms with Crippen molar-refractivity contribution < 1.29 is 23.9 Å². The Hall–Kier alpha value is -4.23. The van der Waals surface area contributed by atoms with Gasteiger partial charge in [0.25, 0.3) is 5.69 Å². The van der Waals surface area contributed by atoms with E-state index in [2.05, 4.69) is 22.0 Å². The van der Waals surface area contributed by atoms with Crippen LogP contribution in [0.5, 0.6) is 23.0 Å². The average molecular weight is 522 g/mol. The van der Waals surface area contributed by atoms with E-state index in [0.29, 0.717) is 27.5 Å². The third-order valence-corrected chi connectivity index (χ3v) is 6.16. The highest BCUT2D eigenvalue weighted by Gasteiger charge is 2.33. The number of fused-ring (bicyclic) bond motifs is 2. The molecule has 9 nitrogen and oxygen atoms in total. The molecule has 0 aliphatic carbocycles. The smallest absolute Gasteiger partial charge is 0.269 e. The number of ether oxygens (including phenoxy) is 4. The lowest BCUT2D eigenvalue weighted by atomic mass is 9.83. The molecule has 3 aromatic rings. The average Bonchev–Trinajstić information content (AvgIpc) is 3.28. The summed E-state index contributed by atoms with van der Waals surface area (Å²) in [6.07, 6.45) is 0. The largest absolute Gasteiger partial charge is 0.488 e. The number of allylic oxidation sites excluding steroid dienone is 1. The molecule has 0 bridgehead atoms. The Bertz CT molecular complexity index is 1380. The zero-order chi connectivity index (χ0) is 23.8. The monoisotopic (exact) mass is 521 g/mol. The lowest BCUT2D eigenvalue weighted by Crippen LogP contribution is -2.21. The minimum atomic E-state index is -0.469. The first kappa shape index (κ1) is 21.6. The maximum Gasteiger partial charge on any atom is 0.269 e. The molecule has 0 aromatic heterocycles. The Morgan fingerprint density at radius 1 is 1.12 bits per heavy atom. The molecular formula is C24H16BrN3O6. The summed E-state index contributed by atoms with van der Waals surface area (Å²) in [6.45, 7) is 0.346. The van der Waals surface area contributed by atoms with Gasteiger partial charge < -0.3 is 24.7 Å². The van der Waals surface area contributed by atoms with Gasteiger partial charge in [0.1, 0.15) is 29.7 Å². The molecule has 2 aliphatic heterocycles. The van der Waals surface area contributed by atoms with Gasteiger partial charge in [-0.25, -0.2) is 0 Å². The molecule has 10 heteroatoms. The van der Waals surface area contributed by atoms with E-state index in [0.717, 1.165) is 16.7 Å². The number of nitrogens with zero attached hydrogens (tertiary/aromatic N) is 2. The fourth-order valence-electron chi connectivity index (χ4n) is 3.88. The molecule has 34 heavy (non-hydrogen) atoms. The number of hydrogen-bond donors (Lipinski definition) is 1. The molecule has 170 valence electrons. The van der Waals surface area contributed by atoms with Crippen molar-refractivity contribution in [2.45, 2.75) is 12.5 Å². The second-order valence-corrected chi connectivity index (χ2v) is 8.42. The number of nitro benzene ring substituents is 1. The number of nitriles is 1. The van der Waals surface area contributed by atoms with Crippen molar-refractivity contribution in [3.63, 3.8) is 0 Å². The Morgan fingerprint density at radius 2 is 1.85 bits per heavy atom. The summed E-state index contributed by atoms with van der Waals surface area (Å²) in [4.78, 5) is 10.4. The van der Waals surface area contributed by atoms with Crippen LogP contribution >= 0.6 is 15.9 Å². The van der Waals surface area contributed by atoms with Crippen molar-refractivity contribution in [3.8, 4) is 29.1 Å². The van der Waals surface area contributed by atoms with Crippen LogP contribution in [0.25, 0.3) is 0 Å². The summed E-state index contributed by atoms with van der Waals surface area (Å²) >= 11 is 3.54. The summed E-state index contributed by atoms with van der Waals surface area (Å²) in [5.41, 5.74) is 8.71. The van der Waals surface area contributed by atoms with Gasteiger partial charge >= 0.3 is 0 Å². The summed E-state index contributed by atoms with van der Waals surface area (Å²) in [7, 11) is 0. The lowest BCUT2D eigenvalue weighted by Gasteiger charge is -2.27. The van der Waals surface area contributed by atoms with Gasteiger partial charge in [0.05, 0.1) is 15.3 Å². The van der Waals surface area contributed by atoms with E-state index < -0.39 is 10.8 Å². The van der Waals surface area contributed by atoms with E-state index in [1.807, 2.05) is 12.1 Å². The van der Waals surface area contributed by atoms with Gasteiger partial charge in [-0.2, -0.15) is 5.26 Å². The van der Waals surface area contributed by atoms with Crippen LogP contribution in [-0.2, 0) is 6.61 Å². The van der Waals surface area contributed by atoms with Crippen LogP contribution in [0.3, 0.4) is 0 Å². The normalized spacial score (nSPS) is 15.8. The van der Waals surface area contributed by atoms with Crippen LogP contribution < -0.4 is 24.7 Å². The van der Waals surface area contributed by atoms with E-state index in [1.54, 1.807) is 30.3 Å². The minimum Gasteiger partial charge on any atom is -0.488 e. The summed E-state index contributed by atoms with van der Waals surface area (Å²) < 4.78 is 23.2. The second-order valence-electron chi connectivity index (χ2n) is 7.57. The minimum absolute atomic E-state index is 0.0225. The highest BCUT2D eigenvalue weighted by Crippen LogP contribution is 2.48. The Morgan fingerprint density at radius 3 is 2.53 bits per heavy atom. The lowest BCUT2D eigenvalue weighted by molar-refractivity contribution is -0.384. The first-order chi connectivity index (χ1) is 16.4. The van der Waals surface area contributed by atoms with Gasteiger partial charge in [-0.1, -0.05) is 6.07 Å². The van der Waals surface area contributed by atoms with Crippen molar-refractivity contribution in [2.75, 3.05) is 6.79 Å². The molecule has 5 rings (SSSR count). The topological polar surface area (TPSA) is 130 Å². The van der Waals surface area contributed by atoms with E-state index in [4.69, 9.17) is 24.7 Å². The van der Waals surface area contributed by atoms with Crippen LogP contribution in [0.2, 0.25) is 0 Å². The predicted molar refractivity (Wildman–Crippen MR) is 123 cm³/mol. The van der Waals surface area contributed by atoms with Gasteiger partial charge in [-0.05, 0) is 57.4 Å². The van der Waals surface area contributed by atoms with Crippen LogP contribution in [0.1, 0.15) is 22.6 Å². The molecule has 0 saturated carbocycles. The Labute approximate surface area is 202 Å². The van der Waals surface area contributed by atoms with Crippen LogP contribution in [0, 0.1) is 21.4 Å². The fraction of sp³-hybridized carbons (Fsp3) is 0.125. The number of benzene rings is 3. The van der Waals surface area contributed by atoms with Crippen LogP contribution in [0.15, 0.2) is 70.5 Å². The van der Waals surface area contributed by atoms with E-state index in [9.17, 15) is 15.4 Å². The van der Waals surface area contributed by atoms with Crippen molar-refractivity contribution in [2.24, 2.45) is 5.73 Å². The zero-order valence-corrected chi connectivity index (χ0v) is 19.1. The highest BCUT2D eigenvalue weighted by atomic mass is 79.9. The molecule has 3 aromatic carbocycles. The first-order valence-electron chi connectivity index (χ1n) is 10.1. The van der Waals surface area contributed by atoms with Crippen molar-refractivity contribution in [1.82, 2.24) is 0 Å². The summed E-state index contributed by atoms with van der Waals surface area (Å²) in [5, 5.41) is 20.6. The standard InChI is InChI=1S/C24H16BrN3O6/c25-18-7-14(3-6-19(18)31-11-13-1-4-15(5-2-13)28(29)30)23-16-8-21-22(33-12-32-21)9-20(16)34-24(27)17(23)10-26/h1-9,23H,11-12,27H2/t23-/m0/s1. The maximum atomic E-state index is 10.8. The van der Waals surface area contributed by atoms with E-state index >= 15 is 0 Å². The molecule has 0 fully saturated rings. The number of hydrogen-bond acceptors (Lipinski definition) is 8. The van der Waals surface area contributed by atoms with Gasteiger partial charge in [0.15, 0.2) is 11.5 Å². The zero-order valence-electron chi connectivity index (χ0n) is 17.5. The third-order valence-electron chi connectivity index (χ3n) is 5.54. The number of rotatable bonds is 5. The van der Waals surface area contributed by atoms with Crippen molar-refractivity contribution in [1.29, 1.82) is 5.26 Å². The number of non-ortho nitro benzene ring substituents is 1. The molecule has 0 radical (unpaired) electrons. The first-order valence-corrected chi connectivity index (χ1v) is 10.9. The fourth-order valence-corrected chi connectivity index (χ4v) is 4.39. The number of nitro groups is 1. The predicted octanol–water partition coefficient (Wildman–Crippen LogP) is 4.88. The molecule has 0 amide bonds. The van der Waals surface area contributed by atoms with Gasteiger partial charge in [0.2, 0.25) is 12.7 Å². The molecule has 0 unspecified atom stereocenters. The summed E-state index contributed by atoms with van der Waals surface area (Å²) in [6, 6.07) is 17.4. The van der Waals surface area contributed by atoms with Crippen LogP contribution in [-0.4, -0.2) is 11.7 Å². The van der Waals surface area contributed by atoms with Gasteiger partial charge in [-0.3, -0.25) is 10.1 Å². The van der Waals surface area contributed by atoms with Gasteiger partial charge in [-0.15, -0.1) is 0 Å². The number of nitrogens with two attached hydrogens (primary N) is 1. The highest BCUT2D eigenvalue weighted by molar-refractivity contribution is 9.10. The molecule has 0 spiro atoms. The Kier molecular flexibility index (Phi) is 5.47. The molecule has 2 heterocycles. The van der Waals surface area contributed by atoms with E-state index in [1.165, 1.54) is 12.1 Å². The quantitative estimate of drug-likeness (QED) is 0.371. The molecule has 2 aliphatic rings. The molecule has 0 saturated heterocycles. The molecular weight excluding hydrogens is 506 g/mol. The van der Waals surface area contributed by atoms with Crippen molar-refractivity contribution >= 4 is 21.6 Å².